The first kappa shape index (κ1) is 25.0. The largest absolute Gasteiger partial charge is 0.418 e. The summed E-state index contributed by atoms with van der Waals surface area (Å²) in [5, 5.41) is 6.25. The highest BCUT2D eigenvalue weighted by atomic mass is 32.2. The first-order chi connectivity index (χ1) is 17.6. The Hall–Kier alpha value is -3.69. The number of thioether (sulfide) groups is 1. The predicted molar refractivity (Wildman–Crippen MR) is 146 cm³/mol. The molecule has 0 aromatic heterocycles. The summed E-state index contributed by atoms with van der Waals surface area (Å²) in [4.78, 5) is 27.8. The lowest BCUT2D eigenvalue weighted by atomic mass is 9.96. The zero-order valence-electron chi connectivity index (χ0n) is 19.4. The summed E-state index contributed by atoms with van der Waals surface area (Å²) in [5.74, 6) is -1.25. The quantitative estimate of drug-likeness (QED) is 0.170. The average Bonchev–Trinajstić information content (AvgIpc) is 3.15. The van der Waals surface area contributed by atoms with Gasteiger partial charge in [-0.05, 0) is 58.3 Å². The second-order valence-corrected chi connectivity index (χ2v) is 10.2. The van der Waals surface area contributed by atoms with Crippen molar-refractivity contribution >= 4 is 73.4 Å². The maximum Gasteiger partial charge on any atom is 0.418 e. The Kier molecular flexibility index (Phi) is 6.51. The van der Waals surface area contributed by atoms with E-state index >= 15 is 0 Å². The molecule has 37 heavy (non-hydrogen) atoms. The SMILES string of the molecule is CC(C(=O)Nc1ccccc1C(F)(F)F)N1C(=O)/C(=C/c2c3ccccc3cc3ccccc23)SC1=S. The molecule has 0 bridgehead atoms. The Bertz CT molecular complexity index is 1560. The van der Waals surface area contributed by atoms with E-state index in [0.717, 1.165) is 49.8 Å². The number of thiocarbonyl (C=S) groups is 1. The highest BCUT2D eigenvalue weighted by molar-refractivity contribution is 8.26. The molecule has 0 aliphatic carbocycles. The number of fused-ring (bicyclic) bond motifs is 2. The molecule has 2 amide bonds. The maximum atomic E-state index is 13.4. The third-order valence-corrected chi connectivity index (χ3v) is 7.50. The van der Waals surface area contributed by atoms with Crippen molar-refractivity contribution in [3.63, 3.8) is 0 Å². The normalized spacial score (nSPS) is 16.1. The fraction of sp³-hybridized carbons (Fsp3) is 0.107. The van der Waals surface area contributed by atoms with E-state index in [4.69, 9.17) is 12.2 Å². The van der Waals surface area contributed by atoms with Gasteiger partial charge in [0.05, 0.1) is 16.2 Å². The molecule has 1 unspecified atom stereocenters. The molecule has 4 nitrogen and oxygen atoms in total. The van der Waals surface area contributed by atoms with Gasteiger partial charge in [-0.2, -0.15) is 13.2 Å². The fourth-order valence-corrected chi connectivity index (χ4v) is 5.74. The van der Waals surface area contributed by atoms with Gasteiger partial charge in [-0.25, -0.2) is 0 Å². The molecule has 186 valence electrons. The van der Waals surface area contributed by atoms with E-state index < -0.39 is 29.6 Å². The summed E-state index contributed by atoms with van der Waals surface area (Å²) >= 11 is 6.48. The van der Waals surface area contributed by atoms with Crippen LogP contribution in [0.15, 0.2) is 83.8 Å². The van der Waals surface area contributed by atoms with Crippen LogP contribution in [0, 0.1) is 0 Å². The average molecular weight is 537 g/mol. The van der Waals surface area contributed by atoms with Crippen molar-refractivity contribution in [3.8, 4) is 0 Å². The molecule has 0 saturated carbocycles. The van der Waals surface area contributed by atoms with Crippen molar-refractivity contribution in [2.24, 2.45) is 0 Å². The number of carbonyl (C=O) groups is 2. The van der Waals surface area contributed by atoms with Gasteiger partial charge in [-0.3, -0.25) is 14.5 Å². The van der Waals surface area contributed by atoms with Crippen LogP contribution in [0.2, 0.25) is 0 Å². The predicted octanol–water partition coefficient (Wildman–Crippen LogP) is 7.24. The monoisotopic (exact) mass is 536 g/mol. The van der Waals surface area contributed by atoms with Gasteiger partial charge < -0.3 is 5.32 Å². The summed E-state index contributed by atoms with van der Waals surface area (Å²) in [5.41, 5.74) is -0.496. The van der Waals surface area contributed by atoms with E-state index in [1.807, 2.05) is 48.5 Å². The molecule has 1 atom stereocenters. The van der Waals surface area contributed by atoms with Gasteiger partial charge >= 0.3 is 6.18 Å². The van der Waals surface area contributed by atoms with Crippen LogP contribution >= 0.6 is 24.0 Å². The van der Waals surface area contributed by atoms with Crippen LogP contribution in [0.3, 0.4) is 0 Å². The minimum Gasteiger partial charge on any atom is -0.324 e. The lowest BCUT2D eigenvalue weighted by Crippen LogP contribution is -2.44. The van der Waals surface area contributed by atoms with Crippen LogP contribution < -0.4 is 5.32 Å². The molecule has 4 aromatic carbocycles. The van der Waals surface area contributed by atoms with Crippen LogP contribution in [0.5, 0.6) is 0 Å². The van der Waals surface area contributed by atoms with Crippen LogP contribution in [0.1, 0.15) is 18.1 Å². The number of hydrogen-bond donors (Lipinski definition) is 1. The van der Waals surface area contributed by atoms with Gasteiger partial charge in [-0.1, -0.05) is 84.6 Å². The van der Waals surface area contributed by atoms with Crippen molar-refractivity contribution < 1.29 is 22.8 Å². The molecule has 0 radical (unpaired) electrons. The van der Waals surface area contributed by atoms with E-state index in [0.29, 0.717) is 4.91 Å². The number of anilines is 1. The first-order valence-electron chi connectivity index (χ1n) is 11.3. The number of amides is 2. The van der Waals surface area contributed by atoms with Crippen molar-refractivity contribution in [2.45, 2.75) is 19.1 Å². The highest BCUT2D eigenvalue weighted by Gasteiger charge is 2.39. The number of hydrogen-bond acceptors (Lipinski definition) is 4. The van der Waals surface area contributed by atoms with Crippen LogP contribution in [0.4, 0.5) is 18.9 Å². The van der Waals surface area contributed by atoms with Gasteiger partial charge in [0, 0.05) is 0 Å². The van der Waals surface area contributed by atoms with E-state index in [1.54, 1.807) is 6.08 Å². The van der Waals surface area contributed by atoms with E-state index in [9.17, 15) is 22.8 Å². The second kappa shape index (κ2) is 9.64. The van der Waals surface area contributed by atoms with Crippen LogP contribution in [0.25, 0.3) is 27.6 Å². The Morgan fingerprint density at radius 1 is 0.973 bits per heavy atom. The van der Waals surface area contributed by atoms with Gasteiger partial charge in [0.2, 0.25) is 5.91 Å². The molecule has 1 heterocycles. The van der Waals surface area contributed by atoms with Gasteiger partial charge in [0.25, 0.3) is 5.91 Å². The van der Waals surface area contributed by atoms with Gasteiger partial charge in [-0.15, -0.1) is 0 Å². The van der Waals surface area contributed by atoms with Crippen molar-refractivity contribution in [3.05, 3.63) is 94.9 Å². The molecule has 9 heteroatoms. The molecule has 1 saturated heterocycles. The Labute approximate surface area is 220 Å². The number of nitrogens with zero attached hydrogens (tertiary/aromatic N) is 1. The molecule has 1 N–H and O–H groups in total. The van der Waals surface area contributed by atoms with Crippen molar-refractivity contribution in [1.29, 1.82) is 0 Å². The third kappa shape index (κ3) is 4.72. The lowest BCUT2D eigenvalue weighted by Gasteiger charge is -2.23. The molecule has 4 aromatic rings. The Morgan fingerprint density at radius 3 is 2.16 bits per heavy atom. The zero-order valence-corrected chi connectivity index (χ0v) is 21.0. The number of nitrogens with one attached hydrogen (secondary N) is 1. The fourth-order valence-electron chi connectivity index (χ4n) is 4.34. The minimum absolute atomic E-state index is 0.160. The summed E-state index contributed by atoms with van der Waals surface area (Å²) in [6, 6.07) is 21.3. The summed E-state index contributed by atoms with van der Waals surface area (Å²) in [6.07, 6.45) is -2.87. The van der Waals surface area contributed by atoms with E-state index in [2.05, 4.69) is 11.4 Å². The van der Waals surface area contributed by atoms with Gasteiger partial charge in [0.1, 0.15) is 10.4 Å². The molecule has 1 fully saturated rings. The molecule has 5 rings (SSSR count). The number of benzene rings is 4. The summed E-state index contributed by atoms with van der Waals surface area (Å²) in [6.45, 7) is 1.44. The molecular weight excluding hydrogens is 517 g/mol. The van der Waals surface area contributed by atoms with E-state index in [1.165, 1.54) is 25.1 Å². The number of rotatable bonds is 4. The number of halogens is 3. The summed E-state index contributed by atoms with van der Waals surface area (Å²) < 4.78 is 40.2. The second-order valence-electron chi connectivity index (χ2n) is 8.49. The van der Waals surface area contributed by atoms with Gasteiger partial charge in [0.15, 0.2) is 0 Å². The standard InChI is InChI=1S/C28H19F3N2O2S2/c1-16(25(34)32-23-13-7-6-12-22(23)28(29,30)31)33-26(35)24(37-27(33)36)15-21-19-10-4-2-8-17(19)14-18-9-3-5-11-20(18)21/h2-16H,1H3,(H,32,34)/b24-15-. The molecule has 1 aliphatic heterocycles. The number of carbonyl (C=O) groups excluding carboxylic acids is 2. The Morgan fingerprint density at radius 2 is 1.54 bits per heavy atom. The van der Waals surface area contributed by atoms with Crippen molar-refractivity contribution in [1.82, 2.24) is 4.90 Å². The summed E-state index contributed by atoms with van der Waals surface area (Å²) in [7, 11) is 0. The topological polar surface area (TPSA) is 49.4 Å². The smallest absolute Gasteiger partial charge is 0.324 e. The first-order valence-corrected chi connectivity index (χ1v) is 12.5. The zero-order chi connectivity index (χ0) is 26.3. The molecule has 0 spiro atoms. The number of alkyl halides is 3. The lowest BCUT2D eigenvalue weighted by molar-refractivity contribution is -0.137. The van der Waals surface area contributed by atoms with Crippen LogP contribution in [-0.2, 0) is 15.8 Å². The maximum absolute atomic E-state index is 13.4. The number of para-hydroxylation sites is 1. The van der Waals surface area contributed by atoms with Crippen molar-refractivity contribution in [2.75, 3.05) is 5.32 Å². The Balaban J connectivity index is 1.47. The molecule has 1 aliphatic rings. The third-order valence-electron chi connectivity index (χ3n) is 6.17. The van der Waals surface area contributed by atoms with E-state index in [-0.39, 0.29) is 10.0 Å². The minimum atomic E-state index is -4.64. The van der Waals surface area contributed by atoms with Crippen LogP contribution in [-0.4, -0.2) is 27.1 Å². The molecular formula is C28H19F3N2O2S2. The highest BCUT2D eigenvalue weighted by Crippen LogP contribution is 2.38.